The summed E-state index contributed by atoms with van der Waals surface area (Å²) >= 11 is 0. The van der Waals surface area contributed by atoms with Crippen LogP contribution in [0.3, 0.4) is 0 Å². The second-order valence-corrected chi connectivity index (χ2v) is 6.70. The standard InChI is InChI=1S/C23H24O3/c1-15-6-16(2)9-20(8-15)25-22-11-18(4)12-23(14-22)26-21-10-17(3)7-19(13-21)24-5/h6-14H,1-5H3. The third-order valence-electron chi connectivity index (χ3n) is 3.95. The number of ether oxygens (including phenoxy) is 3. The van der Waals surface area contributed by atoms with Crippen LogP contribution in [0.15, 0.2) is 54.6 Å². The Hall–Kier alpha value is -2.94. The summed E-state index contributed by atoms with van der Waals surface area (Å²) in [6, 6.07) is 17.9. The first-order valence-electron chi connectivity index (χ1n) is 8.63. The molecule has 0 amide bonds. The van der Waals surface area contributed by atoms with Gasteiger partial charge in [0.1, 0.15) is 28.7 Å². The van der Waals surface area contributed by atoms with Crippen molar-refractivity contribution in [3.63, 3.8) is 0 Å². The molecule has 0 aromatic heterocycles. The van der Waals surface area contributed by atoms with Gasteiger partial charge in [-0.25, -0.2) is 0 Å². The van der Waals surface area contributed by atoms with Crippen molar-refractivity contribution < 1.29 is 14.2 Å². The van der Waals surface area contributed by atoms with Crippen LogP contribution < -0.4 is 14.2 Å². The Bertz CT molecular complexity index is 908. The van der Waals surface area contributed by atoms with Crippen molar-refractivity contribution in [1.29, 1.82) is 0 Å². The van der Waals surface area contributed by atoms with Crippen molar-refractivity contribution >= 4 is 0 Å². The fourth-order valence-electron chi connectivity index (χ4n) is 2.99. The summed E-state index contributed by atoms with van der Waals surface area (Å²) in [5.74, 6) is 3.84. The highest BCUT2D eigenvalue weighted by Gasteiger charge is 2.06. The highest BCUT2D eigenvalue weighted by molar-refractivity contribution is 5.45. The summed E-state index contributed by atoms with van der Waals surface area (Å²) in [6.45, 7) is 8.17. The van der Waals surface area contributed by atoms with Crippen LogP contribution in [-0.2, 0) is 0 Å². The van der Waals surface area contributed by atoms with Crippen LogP contribution in [0, 0.1) is 27.7 Å². The Labute approximate surface area is 155 Å². The molecule has 3 aromatic carbocycles. The predicted molar refractivity (Wildman–Crippen MR) is 105 cm³/mol. The SMILES string of the molecule is COc1cc(C)cc(Oc2cc(C)cc(Oc3cc(C)cc(C)c3)c2)c1. The van der Waals surface area contributed by atoms with E-state index in [9.17, 15) is 0 Å². The Balaban J connectivity index is 1.87. The van der Waals surface area contributed by atoms with E-state index in [1.807, 2.05) is 62.4 Å². The zero-order valence-corrected chi connectivity index (χ0v) is 15.9. The van der Waals surface area contributed by atoms with E-state index in [0.29, 0.717) is 0 Å². The van der Waals surface area contributed by atoms with Crippen LogP contribution in [0.5, 0.6) is 28.7 Å². The molecule has 3 aromatic rings. The first-order valence-corrected chi connectivity index (χ1v) is 8.63. The van der Waals surface area contributed by atoms with E-state index >= 15 is 0 Å². The largest absolute Gasteiger partial charge is 0.497 e. The Morgan fingerprint density at radius 2 is 0.731 bits per heavy atom. The summed E-state index contributed by atoms with van der Waals surface area (Å²) in [7, 11) is 1.65. The van der Waals surface area contributed by atoms with Crippen LogP contribution >= 0.6 is 0 Å². The topological polar surface area (TPSA) is 27.7 Å². The summed E-state index contributed by atoms with van der Waals surface area (Å²) < 4.78 is 17.4. The zero-order chi connectivity index (χ0) is 18.7. The molecule has 26 heavy (non-hydrogen) atoms. The van der Waals surface area contributed by atoms with Gasteiger partial charge in [-0.3, -0.25) is 0 Å². The maximum absolute atomic E-state index is 6.06. The lowest BCUT2D eigenvalue weighted by Crippen LogP contribution is -1.91. The number of benzene rings is 3. The average molecular weight is 348 g/mol. The highest BCUT2D eigenvalue weighted by atomic mass is 16.5. The molecule has 0 saturated heterocycles. The summed E-state index contributed by atoms with van der Waals surface area (Å²) in [5.41, 5.74) is 4.51. The number of rotatable bonds is 5. The Morgan fingerprint density at radius 1 is 0.423 bits per heavy atom. The van der Waals surface area contributed by atoms with Crippen LogP contribution in [0.4, 0.5) is 0 Å². The Kier molecular flexibility index (Phi) is 5.17. The summed E-state index contributed by atoms with van der Waals surface area (Å²) in [5, 5.41) is 0. The molecule has 0 radical (unpaired) electrons. The third kappa shape index (κ3) is 4.57. The molecule has 3 nitrogen and oxygen atoms in total. The van der Waals surface area contributed by atoms with Gasteiger partial charge in [-0.2, -0.15) is 0 Å². The van der Waals surface area contributed by atoms with Gasteiger partial charge >= 0.3 is 0 Å². The quantitative estimate of drug-likeness (QED) is 0.526. The van der Waals surface area contributed by atoms with E-state index in [1.54, 1.807) is 7.11 Å². The lowest BCUT2D eigenvalue weighted by Gasteiger charge is -2.13. The minimum atomic E-state index is 0.733. The second-order valence-electron chi connectivity index (χ2n) is 6.70. The van der Waals surface area contributed by atoms with Gasteiger partial charge in [0, 0.05) is 12.1 Å². The van der Waals surface area contributed by atoms with Crippen LogP contribution in [0.1, 0.15) is 22.3 Å². The number of hydrogen-bond donors (Lipinski definition) is 0. The molecule has 0 heterocycles. The number of methoxy groups -OCH3 is 1. The average Bonchev–Trinajstić information content (AvgIpc) is 2.52. The van der Waals surface area contributed by atoms with Crippen LogP contribution in [0.25, 0.3) is 0 Å². The minimum absolute atomic E-state index is 0.733. The van der Waals surface area contributed by atoms with Crippen molar-refractivity contribution in [3.8, 4) is 28.7 Å². The fraction of sp³-hybridized carbons (Fsp3) is 0.217. The normalized spacial score (nSPS) is 10.5. The zero-order valence-electron chi connectivity index (χ0n) is 15.9. The van der Waals surface area contributed by atoms with Gasteiger partial charge in [-0.15, -0.1) is 0 Å². The second kappa shape index (κ2) is 7.52. The smallest absolute Gasteiger partial charge is 0.131 e. The van der Waals surface area contributed by atoms with Crippen molar-refractivity contribution in [1.82, 2.24) is 0 Å². The first kappa shape index (κ1) is 17.9. The van der Waals surface area contributed by atoms with Gasteiger partial charge in [0.2, 0.25) is 0 Å². The van der Waals surface area contributed by atoms with Gasteiger partial charge in [-0.05, 0) is 86.3 Å². The van der Waals surface area contributed by atoms with Gasteiger partial charge in [0.05, 0.1) is 7.11 Å². The number of hydrogen-bond acceptors (Lipinski definition) is 3. The molecular formula is C23H24O3. The van der Waals surface area contributed by atoms with E-state index < -0.39 is 0 Å². The molecule has 3 rings (SSSR count). The molecule has 0 N–H and O–H groups in total. The molecule has 0 fully saturated rings. The molecule has 0 saturated carbocycles. The predicted octanol–water partition coefficient (Wildman–Crippen LogP) is 6.51. The van der Waals surface area contributed by atoms with E-state index in [2.05, 4.69) is 19.9 Å². The molecule has 0 bridgehead atoms. The van der Waals surface area contributed by atoms with E-state index in [4.69, 9.17) is 14.2 Å². The molecule has 0 aliphatic rings. The van der Waals surface area contributed by atoms with Gasteiger partial charge < -0.3 is 14.2 Å². The third-order valence-corrected chi connectivity index (χ3v) is 3.95. The molecule has 0 atom stereocenters. The first-order chi connectivity index (χ1) is 12.4. The van der Waals surface area contributed by atoms with Gasteiger partial charge in [0.25, 0.3) is 0 Å². The summed E-state index contributed by atoms with van der Waals surface area (Å²) in [4.78, 5) is 0. The molecule has 0 spiro atoms. The monoisotopic (exact) mass is 348 g/mol. The fourth-order valence-corrected chi connectivity index (χ4v) is 2.99. The van der Waals surface area contributed by atoms with Crippen LogP contribution in [0.2, 0.25) is 0 Å². The highest BCUT2D eigenvalue weighted by Crippen LogP contribution is 2.32. The number of aryl methyl sites for hydroxylation is 4. The lowest BCUT2D eigenvalue weighted by molar-refractivity contribution is 0.408. The van der Waals surface area contributed by atoms with Crippen molar-refractivity contribution in [2.24, 2.45) is 0 Å². The minimum Gasteiger partial charge on any atom is -0.497 e. The molecule has 134 valence electrons. The van der Waals surface area contributed by atoms with Crippen molar-refractivity contribution in [3.05, 3.63) is 76.9 Å². The molecule has 0 unspecified atom stereocenters. The van der Waals surface area contributed by atoms with Crippen molar-refractivity contribution in [2.75, 3.05) is 7.11 Å². The van der Waals surface area contributed by atoms with Gasteiger partial charge in [-0.1, -0.05) is 6.07 Å². The Morgan fingerprint density at radius 3 is 1.15 bits per heavy atom. The molecule has 0 aliphatic carbocycles. The van der Waals surface area contributed by atoms with Crippen LogP contribution in [-0.4, -0.2) is 7.11 Å². The summed E-state index contributed by atoms with van der Waals surface area (Å²) in [6.07, 6.45) is 0. The van der Waals surface area contributed by atoms with E-state index in [1.165, 1.54) is 11.1 Å². The van der Waals surface area contributed by atoms with E-state index in [0.717, 1.165) is 39.9 Å². The molecule has 0 aliphatic heterocycles. The molecular weight excluding hydrogens is 324 g/mol. The maximum Gasteiger partial charge on any atom is 0.131 e. The van der Waals surface area contributed by atoms with E-state index in [-0.39, 0.29) is 0 Å². The maximum atomic E-state index is 6.06. The van der Waals surface area contributed by atoms with Crippen molar-refractivity contribution in [2.45, 2.75) is 27.7 Å². The lowest BCUT2D eigenvalue weighted by atomic mass is 10.1. The van der Waals surface area contributed by atoms with Gasteiger partial charge in [0.15, 0.2) is 0 Å². The molecule has 3 heteroatoms.